The highest BCUT2D eigenvalue weighted by molar-refractivity contribution is 5.59. The zero-order valence-electron chi connectivity index (χ0n) is 13.5. The van der Waals surface area contributed by atoms with Crippen molar-refractivity contribution in [1.29, 1.82) is 0 Å². The number of fused-ring (bicyclic) bond motifs is 3. The molecule has 0 amide bonds. The fourth-order valence-electron chi connectivity index (χ4n) is 3.93. The molecule has 6 heteroatoms. The lowest BCUT2D eigenvalue weighted by Crippen LogP contribution is -2.59. The molecule has 126 valence electrons. The summed E-state index contributed by atoms with van der Waals surface area (Å²) in [5.41, 5.74) is 1.05. The molecular formula is C18H20F2N4. The minimum Gasteiger partial charge on any atom is -0.364 e. The van der Waals surface area contributed by atoms with E-state index in [2.05, 4.69) is 27.3 Å². The minimum absolute atomic E-state index is 0.385. The molecule has 1 aromatic carbocycles. The monoisotopic (exact) mass is 330 g/mol. The average Bonchev–Trinajstić information content (AvgIpc) is 2.61. The van der Waals surface area contributed by atoms with E-state index in [1.165, 1.54) is 32.0 Å². The van der Waals surface area contributed by atoms with Gasteiger partial charge in [-0.05, 0) is 69.1 Å². The second-order valence-electron chi connectivity index (χ2n) is 6.72. The van der Waals surface area contributed by atoms with Crippen molar-refractivity contribution >= 4 is 5.82 Å². The van der Waals surface area contributed by atoms with Crippen LogP contribution in [0.5, 0.6) is 0 Å². The third-order valence-corrected chi connectivity index (χ3v) is 5.37. The van der Waals surface area contributed by atoms with Crippen molar-refractivity contribution in [1.82, 2.24) is 15.1 Å². The Morgan fingerprint density at radius 2 is 1.83 bits per heavy atom. The Morgan fingerprint density at radius 1 is 1.04 bits per heavy atom. The number of rotatable bonds is 3. The topological polar surface area (TPSA) is 41.1 Å². The number of benzene rings is 1. The quantitative estimate of drug-likeness (QED) is 0.937. The number of hydrogen-bond acceptors (Lipinski definition) is 4. The molecule has 5 rings (SSSR count). The van der Waals surface area contributed by atoms with Crippen molar-refractivity contribution in [2.75, 3.05) is 18.4 Å². The molecule has 24 heavy (non-hydrogen) atoms. The van der Waals surface area contributed by atoms with E-state index < -0.39 is 11.6 Å². The van der Waals surface area contributed by atoms with Crippen molar-refractivity contribution in [3.8, 4) is 11.3 Å². The number of anilines is 1. The highest BCUT2D eigenvalue weighted by Crippen LogP contribution is 2.33. The summed E-state index contributed by atoms with van der Waals surface area (Å²) in [5, 5.41) is 11.9. The molecule has 0 radical (unpaired) electrons. The molecule has 2 aromatic rings. The molecule has 1 N–H and O–H groups in total. The fraction of sp³-hybridized carbons (Fsp3) is 0.444. The van der Waals surface area contributed by atoms with E-state index in [4.69, 9.17) is 0 Å². The Bertz CT molecular complexity index is 724. The van der Waals surface area contributed by atoms with E-state index >= 15 is 0 Å². The lowest BCUT2D eigenvalue weighted by atomic mass is 9.79. The smallest absolute Gasteiger partial charge is 0.159 e. The maximum atomic E-state index is 13.3. The van der Waals surface area contributed by atoms with Crippen LogP contribution in [-0.4, -0.2) is 40.3 Å². The number of halogens is 2. The van der Waals surface area contributed by atoms with Crippen LogP contribution >= 0.6 is 0 Å². The summed E-state index contributed by atoms with van der Waals surface area (Å²) < 4.78 is 26.4. The second kappa shape index (κ2) is 6.09. The summed E-state index contributed by atoms with van der Waals surface area (Å²) in [6.07, 6.45) is 2.45. The third-order valence-electron chi connectivity index (χ3n) is 5.37. The molecule has 1 aromatic heterocycles. The molecule has 0 unspecified atom stereocenters. The summed E-state index contributed by atoms with van der Waals surface area (Å²) >= 11 is 0. The van der Waals surface area contributed by atoms with Gasteiger partial charge in [0, 0.05) is 17.6 Å². The summed E-state index contributed by atoms with van der Waals surface area (Å²) in [6.45, 7) is 4.63. The van der Waals surface area contributed by atoms with E-state index in [1.807, 2.05) is 6.07 Å². The first-order chi connectivity index (χ1) is 11.6. The van der Waals surface area contributed by atoms with Crippen LogP contribution < -0.4 is 5.32 Å². The van der Waals surface area contributed by atoms with Crippen molar-refractivity contribution in [2.45, 2.75) is 31.8 Å². The largest absolute Gasteiger partial charge is 0.364 e. The number of hydrogen-bond donors (Lipinski definition) is 1. The number of nitrogens with one attached hydrogen (secondary N) is 1. The fourth-order valence-corrected chi connectivity index (χ4v) is 3.93. The number of aromatic nitrogens is 2. The molecule has 2 atom stereocenters. The maximum Gasteiger partial charge on any atom is 0.159 e. The zero-order chi connectivity index (χ0) is 16.7. The van der Waals surface area contributed by atoms with Gasteiger partial charge in [-0.25, -0.2) is 8.78 Å². The summed E-state index contributed by atoms with van der Waals surface area (Å²) in [7, 11) is 0. The Labute approximate surface area is 139 Å². The first kappa shape index (κ1) is 15.4. The lowest BCUT2D eigenvalue weighted by molar-refractivity contribution is 0.0457. The van der Waals surface area contributed by atoms with Gasteiger partial charge in [-0.3, -0.25) is 4.90 Å². The van der Waals surface area contributed by atoms with Crippen molar-refractivity contribution in [3.63, 3.8) is 0 Å². The summed E-state index contributed by atoms with van der Waals surface area (Å²) in [5.74, 6) is -0.330. The van der Waals surface area contributed by atoms with Gasteiger partial charge in [0.25, 0.3) is 0 Å². The molecule has 3 aliphatic rings. The third kappa shape index (κ3) is 2.75. The van der Waals surface area contributed by atoms with Crippen LogP contribution in [0.3, 0.4) is 0 Å². The van der Waals surface area contributed by atoms with Crippen LogP contribution in [0.15, 0.2) is 30.3 Å². The summed E-state index contributed by atoms with van der Waals surface area (Å²) in [4.78, 5) is 2.51. The molecule has 3 fully saturated rings. The van der Waals surface area contributed by atoms with Crippen LogP contribution in [0.2, 0.25) is 0 Å². The van der Waals surface area contributed by atoms with E-state index in [1.54, 1.807) is 6.07 Å². The highest BCUT2D eigenvalue weighted by atomic mass is 19.2. The standard InChI is InChI=1S/C18H20F2N4/c1-11-18(12-6-8-24(11)9-7-12)21-17-5-4-16(22-23-17)13-2-3-14(19)15(20)10-13/h2-5,10-12,18H,6-9H2,1H3,(H,21,23)/t11-,18+/m1/s1. The second-order valence-corrected chi connectivity index (χ2v) is 6.72. The van der Waals surface area contributed by atoms with Gasteiger partial charge in [0.15, 0.2) is 11.6 Å². The van der Waals surface area contributed by atoms with Gasteiger partial charge >= 0.3 is 0 Å². The molecule has 3 saturated heterocycles. The average molecular weight is 330 g/mol. The van der Waals surface area contributed by atoms with Gasteiger partial charge in [0.05, 0.1) is 5.69 Å². The lowest BCUT2D eigenvalue weighted by Gasteiger charge is -2.50. The van der Waals surface area contributed by atoms with Gasteiger partial charge in [0.1, 0.15) is 5.82 Å². The SMILES string of the molecule is C[C@@H]1[C@H](Nc2ccc(-c3ccc(F)c(F)c3)nn2)C2CCN1CC2. The Kier molecular flexibility index (Phi) is 3.92. The van der Waals surface area contributed by atoms with E-state index in [0.29, 0.717) is 29.3 Å². The van der Waals surface area contributed by atoms with Crippen molar-refractivity contribution in [3.05, 3.63) is 42.0 Å². The maximum absolute atomic E-state index is 13.3. The first-order valence-electron chi connectivity index (χ1n) is 8.41. The normalized spacial score (nSPS) is 28.8. The van der Waals surface area contributed by atoms with Crippen molar-refractivity contribution < 1.29 is 8.78 Å². The Hall–Kier alpha value is -2.08. The number of piperidine rings is 3. The van der Waals surface area contributed by atoms with Crippen LogP contribution in [0.1, 0.15) is 19.8 Å². The van der Waals surface area contributed by atoms with Gasteiger partial charge in [-0.1, -0.05) is 0 Å². The molecule has 0 saturated carbocycles. The van der Waals surface area contributed by atoms with E-state index in [0.717, 1.165) is 18.0 Å². The molecule has 4 nitrogen and oxygen atoms in total. The summed E-state index contributed by atoms with van der Waals surface area (Å²) in [6, 6.07) is 8.27. The zero-order valence-corrected chi connectivity index (χ0v) is 13.5. The first-order valence-corrected chi connectivity index (χ1v) is 8.41. The predicted molar refractivity (Wildman–Crippen MR) is 88.6 cm³/mol. The van der Waals surface area contributed by atoms with Crippen LogP contribution in [0, 0.1) is 17.6 Å². The molecule has 0 aliphatic carbocycles. The highest BCUT2D eigenvalue weighted by Gasteiger charge is 2.39. The van der Waals surface area contributed by atoms with Gasteiger partial charge in [-0.15, -0.1) is 10.2 Å². The van der Waals surface area contributed by atoms with Gasteiger partial charge < -0.3 is 5.32 Å². The van der Waals surface area contributed by atoms with E-state index in [-0.39, 0.29) is 0 Å². The van der Waals surface area contributed by atoms with Crippen molar-refractivity contribution in [2.24, 2.45) is 5.92 Å². The van der Waals surface area contributed by atoms with Crippen LogP contribution in [0.4, 0.5) is 14.6 Å². The van der Waals surface area contributed by atoms with Crippen LogP contribution in [0.25, 0.3) is 11.3 Å². The molecule has 4 heterocycles. The van der Waals surface area contributed by atoms with Gasteiger partial charge in [-0.2, -0.15) is 0 Å². The number of nitrogens with zero attached hydrogens (tertiary/aromatic N) is 3. The van der Waals surface area contributed by atoms with Crippen LogP contribution in [-0.2, 0) is 0 Å². The van der Waals surface area contributed by atoms with E-state index in [9.17, 15) is 8.78 Å². The van der Waals surface area contributed by atoms with Gasteiger partial charge in [0.2, 0.25) is 0 Å². The molecule has 2 bridgehead atoms. The molecule has 3 aliphatic heterocycles. The minimum atomic E-state index is -0.877. The predicted octanol–water partition coefficient (Wildman–Crippen LogP) is 3.32. The molecular weight excluding hydrogens is 310 g/mol. The molecule has 0 spiro atoms. The Balaban J connectivity index is 1.50. The Morgan fingerprint density at radius 3 is 2.46 bits per heavy atom.